The maximum atomic E-state index is 8.77. The number of oxime groups is 1. The molecule has 0 radical (unpaired) electrons. The zero-order valence-corrected chi connectivity index (χ0v) is 11.5. The second-order valence-corrected chi connectivity index (χ2v) is 4.59. The van der Waals surface area contributed by atoms with Crippen molar-refractivity contribution in [3.8, 4) is 0 Å². The third-order valence-corrected chi connectivity index (χ3v) is 3.07. The number of benzene rings is 1. The molecule has 4 N–H and O–H groups in total. The van der Waals surface area contributed by atoms with Gasteiger partial charge in [0.25, 0.3) is 0 Å². The van der Waals surface area contributed by atoms with E-state index in [0.717, 1.165) is 24.1 Å². The molecule has 1 heterocycles. The summed E-state index contributed by atoms with van der Waals surface area (Å²) in [5.41, 5.74) is 8.62. The molecule has 2 rings (SSSR count). The maximum absolute atomic E-state index is 8.77. The van der Waals surface area contributed by atoms with Gasteiger partial charge in [-0.2, -0.15) is 5.10 Å². The van der Waals surface area contributed by atoms with Crippen molar-refractivity contribution in [3.63, 3.8) is 0 Å². The average molecular weight is 273 g/mol. The summed E-state index contributed by atoms with van der Waals surface area (Å²) in [4.78, 5) is 0. The molecule has 0 unspecified atom stereocenters. The predicted molar refractivity (Wildman–Crippen MR) is 77.6 cm³/mol. The predicted octanol–water partition coefficient (Wildman–Crippen LogP) is 0.847. The molecule has 0 aliphatic carbocycles. The maximum Gasteiger partial charge on any atom is 0.170 e. The molecule has 1 aromatic heterocycles. The molecular formula is C14H19N5O. The van der Waals surface area contributed by atoms with Crippen LogP contribution in [0.3, 0.4) is 0 Å². The highest BCUT2D eigenvalue weighted by Crippen LogP contribution is 2.08. The Balaban J connectivity index is 1.88. The van der Waals surface area contributed by atoms with Crippen LogP contribution in [0.2, 0.25) is 0 Å². The van der Waals surface area contributed by atoms with E-state index in [-0.39, 0.29) is 5.84 Å². The third-order valence-electron chi connectivity index (χ3n) is 3.07. The summed E-state index contributed by atoms with van der Waals surface area (Å²) < 4.78 is 1.79. The van der Waals surface area contributed by atoms with Gasteiger partial charge in [0.1, 0.15) is 0 Å². The van der Waals surface area contributed by atoms with Crippen molar-refractivity contribution in [1.82, 2.24) is 15.1 Å². The summed E-state index contributed by atoms with van der Waals surface area (Å²) in [7, 11) is 1.91. The van der Waals surface area contributed by atoms with E-state index in [4.69, 9.17) is 10.9 Å². The number of rotatable bonds is 6. The fraction of sp³-hybridized carbons (Fsp3) is 0.286. The molecule has 6 nitrogen and oxygen atoms in total. The average Bonchev–Trinajstić information content (AvgIpc) is 2.89. The van der Waals surface area contributed by atoms with E-state index in [2.05, 4.69) is 15.6 Å². The van der Waals surface area contributed by atoms with Crippen LogP contribution in [-0.4, -0.2) is 27.4 Å². The molecule has 0 aliphatic rings. The topological polar surface area (TPSA) is 88.5 Å². The highest BCUT2D eigenvalue weighted by atomic mass is 16.4. The van der Waals surface area contributed by atoms with E-state index < -0.39 is 0 Å². The fourth-order valence-electron chi connectivity index (χ4n) is 2.03. The Hall–Kier alpha value is -2.34. The molecule has 0 fully saturated rings. The van der Waals surface area contributed by atoms with Crippen LogP contribution >= 0.6 is 0 Å². The molecule has 6 heteroatoms. The van der Waals surface area contributed by atoms with Crippen LogP contribution in [0.1, 0.15) is 16.7 Å². The monoisotopic (exact) mass is 273 g/mol. The van der Waals surface area contributed by atoms with Gasteiger partial charge in [0.2, 0.25) is 0 Å². The van der Waals surface area contributed by atoms with Crippen LogP contribution in [0, 0.1) is 0 Å². The molecule has 20 heavy (non-hydrogen) atoms. The molecule has 106 valence electrons. The first-order valence-corrected chi connectivity index (χ1v) is 6.44. The summed E-state index contributed by atoms with van der Waals surface area (Å²) in [6.07, 6.45) is 4.79. The second-order valence-electron chi connectivity index (χ2n) is 4.59. The van der Waals surface area contributed by atoms with Crippen molar-refractivity contribution in [2.75, 3.05) is 6.54 Å². The molecule has 0 atom stereocenters. The van der Waals surface area contributed by atoms with Gasteiger partial charge in [0.15, 0.2) is 5.84 Å². The summed E-state index contributed by atoms with van der Waals surface area (Å²) >= 11 is 0. The zero-order chi connectivity index (χ0) is 14.4. The number of nitrogens with zero attached hydrogens (tertiary/aromatic N) is 3. The largest absolute Gasteiger partial charge is 0.409 e. The van der Waals surface area contributed by atoms with Gasteiger partial charge in [-0.3, -0.25) is 4.68 Å². The Labute approximate surface area is 117 Å². The first-order chi connectivity index (χ1) is 9.70. The number of amidine groups is 1. The van der Waals surface area contributed by atoms with E-state index in [1.807, 2.05) is 43.7 Å². The lowest BCUT2D eigenvalue weighted by Crippen LogP contribution is -2.21. The molecule has 2 aromatic rings. The first-order valence-electron chi connectivity index (χ1n) is 6.44. The molecule has 0 saturated heterocycles. The van der Waals surface area contributed by atoms with Gasteiger partial charge in [-0.25, -0.2) is 0 Å². The van der Waals surface area contributed by atoms with Gasteiger partial charge in [-0.1, -0.05) is 29.4 Å². The number of aryl methyl sites for hydroxylation is 1. The Morgan fingerprint density at radius 3 is 2.95 bits per heavy atom. The van der Waals surface area contributed by atoms with Crippen molar-refractivity contribution in [3.05, 3.63) is 53.3 Å². The van der Waals surface area contributed by atoms with E-state index in [1.54, 1.807) is 4.68 Å². The van der Waals surface area contributed by atoms with Gasteiger partial charge in [0.05, 0.1) is 6.20 Å². The summed E-state index contributed by atoms with van der Waals surface area (Å²) in [6, 6.07) is 7.61. The number of hydrogen-bond donors (Lipinski definition) is 3. The second kappa shape index (κ2) is 6.72. The number of nitrogens with one attached hydrogen (secondary N) is 1. The van der Waals surface area contributed by atoms with Crippen LogP contribution in [0.25, 0.3) is 0 Å². The normalized spacial score (nSPS) is 11.8. The molecule has 0 saturated carbocycles. The van der Waals surface area contributed by atoms with Gasteiger partial charge in [-0.15, -0.1) is 0 Å². The molecule has 0 spiro atoms. The van der Waals surface area contributed by atoms with Gasteiger partial charge >= 0.3 is 0 Å². The van der Waals surface area contributed by atoms with E-state index >= 15 is 0 Å². The van der Waals surface area contributed by atoms with Crippen LogP contribution in [-0.2, 0) is 20.0 Å². The quantitative estimate of drug-likeness (QED) is 0.239. The Kier molecular flexibility index (Phi) is 4.73. The Morgan fingerprint density at radius 2 is 2.25 bits per heavy atom. The first kappa shape index (κ1) is 14.1. The SMILES string of the molecule is Cn1cc(CCNCc2ccccc2/C(N)=N/O)cn1. The summed E-state index contributed by atoms with van der Waals surface area (Å²) in [5, 5.41) is 19.3. The highest BCUT2D eigenvalue weighted by Gasteiger charge is 2.05. The molecule has 0 bridgehead atoms. The van der Waals surface area contributed by atoms with Crippen molar-refractivity contribution in [2.45, 2.75) is 13.0 Å². The van der Waals surface area contributed by atoms with Crippen molar-refractivity contribution in [2.24, 2.45) is 17.9 Å². The summed E-state index contributed by atoms with van der Waals surface area (Å²) in [6.45, 7) is 1.52. The minimum Gasteiger partial charge on any atom is -0.409 e. The summed E-state index contributed by atoms with van der Waals surface area (Å²) in [5.74, 6) is 0.134. The van der Waals surface area contributed by atoms with E-state index in [0.29, 0.717) is 6.54 Å². The third kappa shape index (κ3) is 3.58. The minimum atomic E-state index is 0.134. The molecule has 0 aliphatic heterocycles. The van der Waals surface area contributed by atoms with Crippen molar-refractivity contribution < 1.29 is 5.21 Å². The molecule has 1 aromatic carbocycles. The smallest absolute Gasteiger partial charge is 0.170 e. The van der Waals surface area contributed by atoms with Gasteiger partial charge in [-0.05, 0) is 24.1 Å². The van der Waals surface area contributed by atoms with Crippen molar-refractivity contribution >= 4 is 5.84 Å². The van der Waals surface area contributed by atoms with Gasteiger partial charge in [0, 0.05) is 25.4 Å². The minimum absolute atomic E-state index is 0.134. The zero-order valence-electron chi connectivity index (χ0n) is 11.5. The Bertz CT molecular complexity index is 591. The van der Waals surface area contributed by atoms with Crippen LogP contribution in [0.5, 0.6) is 0 Å². The Morgan fingerprint density at radius 1 is 1.45 bits per heavy atom. The number of hydrogen-bond acceptors (Lipinski definition) is 4. The lowest BCUT2D eigenvalue weighted by atomic mass is 10.1. The van der Waals surface area contributed by atoms with Crippen molar-refractivity contribution in [1.29, 1.82) is 0 Å². The number of aromatic nitrogens is 2. The van der Waals surface area contributed by atoms with Crippen LogP contribution in [0.15, 0.2) is 41.8 Å². The highest BCUT2D eigenvalue weighted by molar-refractivity contribution is 5.98. The lowest BCUT2D eigenvalue weighted by molar-refractivity contribution is 0.318. The number of nitrogens with two attached hydrogens (primary N) is 1. The van der Waals surface area contributed by atoms with Crippen LogP contribution < -0.4 is 11.1 Å². The molecule has 0 amide bonds. The van der Waals surface area contributed by atoms with Crippen LogP contribution in [0.4, 0.5) is 0 Å². The van der Waals surface area contributed by atoms with Gasteiger partial charge < -0.3 is 16.3 Å². The standard InChI is InChI=1S/C14H19N5O/c1-19-10-11(8-17-19)6-7-16-9-12-4-2-3-5-13(12)14(15)18-20/h2-5,8,10,16,20H,6-7,9H2,1H3,(H2,15,18). The van der Waals surface area contributed by atoms with E-state index in [9.17, 15) is 0 Å². The molecular weight excluding hydrogens is 254 g/mol. The fourth-order valence-corrected chi connectivity index (χ4v) is 2.03. The lowest BCUT2D eigenvalue weighted by Gasteiger charge is -2.09. The van der Waals surface area contributed by atoms with E-state index in [1.165, 1.54) is 5.56 Å².